The summed E-state index contributed by atoms with van der Waals surface area (Å²) >= 11 is 0. The maximum Gasteiger partial charge on any atom is 0.142 e. The van der Waals surface area contributed by atoms with E-state index in [0.717, 1.165) is 22.9 Å². The summed E-state index contributed by atoms with van der Waals surface area (Å²) < 4.78 is 0. The first-order valence-electron chi connectivity index (χ1n) is 18.3. The first-order chi connectivity index (χ1) is 25.6. The number of benzene rings is 5. The molecule has 0 saturated carbocycles. The van der Waals surface area contributed by atoms with E-state index >= 15 is 0 Å². The quantitative estimate of drug-likeness (QED) is 0.123. The zero-order chi connectivity index (χ0) is 37.7. The van der Waals surface area contributed by atoms with Crippen molar-refractivity contribution in [3.63, 3.8) is 0 Å². The highest BCUT2D eigenvalue weighted by atomic mass is 15.3. The number of rotatable bonds is 7. The molecule has 0 bridgehead atoms. The van der Waals surface area contributed by atoms with E-state index in [1.165, 1.54) is 66.4 Å². The predicted octanol–water partition coefficient (Wildman–Crippen LogP) is 13.8. The molecule has 1 aliphatic heterocycles. The fourth-order valence-corrected chi connectivity index (χ4v) is 7.39. The van der Waals surface area contributed by atoms with Crippen LogP contribution in [0.15, 0.2) is 174 Å². The van der Waals surface area contributed by atoms with Crippen molar-refractivity contribution in [1.82, 2.24) is 4.98 Å². The molecule has 1 aromatic heterocycles. The largest absolute Gasteiger partial charge is 0.278 e. The summed E-state index contributed by atoms with van der Waals surface area (Å²) in [6.45, 7) is 23.3. The Morgan fingerprint density at radius 2 is 1.38 bits per heavy atom. The van der Waals surface area contributed by atoms with E-state index in [2.05, 4.69) is 174 Å². The number of aliphatic imine (C=N–C) groups is 1. The van der Waals surface area contributed by atoms with E-state index in [9.17, 15) is 0 Å². The average Bonchev–Trinajstić information content (AvgIpc) is 3.17. The number of aromatic nitrogens is 1. The molecule has 0 saturated heterocycles. The molecular formula is C50H49N3. The minimum atomic E-state index is -0.349. The van der Waals surface area contributed by atoms with E-state index in [-0.39, 0.29) is 5.41 Å². The van der Waals surface area contributed by atoms with Gasteiger partial charge in [-0.25, -0.2) is 9.98 Å². The van der Waals surface area contributed by atoms with Gasteiger partial charge in [-0.3, -0.25) is 4.90 Å². The summed E-state index contributed by atoms with van der Waals surface area (Å²) in [5.74, 6) is 1.56. The number of hydrogen-bond acceptors (Lipinski definition) is 3. The van der Waals surface area contributed by atoms with E-state index in [1.807, 2.05) is 48.7 Å². The van der Waals surface area contributed by atoms with Gasteiger partial charge in [0.15, 0.2) is 0 Å². The van der Waals surface area contributed by atoms with Gasteiger partial charge in [0.25, 0.3) is 0 Å². The summed E-state index contributed by atoms with van der Waals surface area (Å²) in [7, 11) is 0. The lowest BCUT2D eigenvalue weighted by Crippen LogP contribution is -2.33. The van der Waals surface area contributed by atoms with Crippen LogP contribution in [0.25, 0.3) is 38.6 Å². The highest BCUT2D eigenvalue weighted by Gasteiger charge is 2.38. The van der Waals surface area contributed by atoms with Crippen LogP contribution in [0.5, 0.6) is 0 Å². The molecule has 5 aromatic carbocycles. The topological polar surface area (TPSA) is 28.5 Å². The molecule has 0 aliphatic carbocycles. The Kier molecular flexibility index (Phi) is 10.9. The molecule has 7 rings (SSSR count). The molecule has 0 fully saturated rings. The van der Waals surface area contributed by atoms with Gasteiger partial charge in [0.1, 0.15) is 11.6 Å². The maximum absolute atomic E-state index is 4.68. The van der Waals surface area contributed by atoms with Crippen LogP contribution < -0.4 is 4.90 Å². The van der Waals surface area contributed by atoms with Crippen molar-refractivity contribution < 1.29 is 0 Å². The van der Waals surface area contributed by atoms with E-state index in [4.69, 9.17) is 0 Å². The van der Waals surface area contributed by atoms with Crippen molar-refractivity contribution in [2.45, 2.75) is 53.9 Å². The molecule has 3 heteroatoms. The van der Waals surface area contributed by atoms with Gasteiger partial charge in [-0.15, -0.1) is 0 Å². The maximum atomic E-state index is 4.68. The third-order valence-electron chi connectivity index (χ3n) is 10.2. The number of anilines is 2. The van der Waals surface area contributed by atoms with Gasteiger partial charge >= 0.3 is 0 Å². The third-order valence-corrected chi connectivity index (χ3v) is 10.2. The fraction of sp³-hybridized carbons (Fsp3) is 0.160. The third kappa shape index (κ3) is 7.21. The van der Waals surface area contributed by atoms with E-state index in [1.54, 1.807) is 0 Å². The van der Waals surface area contributed by atoms with Gasteiger partial charge < -0.3 is 0 Å². The molecule has 0 radical (unpaired) electrons. The first-order valence-corrected chi connectivity index (χ1v) is 18.3. The fourth-order valence-electron chi connectivity index (χ4n) is 7.39. The SMILES string of the molecule is C=CC1=C(N=C)N(c2ccccn2)c2ccc(-c3ccc(-c4ccc(C)c(C(/C=C\C)=C(C)C)c4)c4ccccc34)cc2C1(C)C.Cc1ccccc1. The zero-order valence-corrected chi connectivity index (χ0v) is 32.1. The van der Waals surface area contributed by atoms with Gasteiger partial charge in [0.2, 0.25) is 0 Å². The van der Waals surface area contributed by atoms with Gasteiger partial charge in [0.05, 0.1) is 5.69 Å². The van der Waals surface area contributed by atoms with E-state index in [0.29, 0.717) is 0 Å². The van der Waals surface area contributed by atoms with E-state index < -0.39 is 0 Å². The summed E-state index contributed by atoms with van der Waals surface area (Å²) in [5.41, 5.74) is 14.2. The number of nitrogens with zero attached hydrogens (tertiary/aromatic N) is 3. The van der Waals surface area contributed by atoms with Crippen LogP contribution in [0.2, 0.25) is 0 Å². The van der Waals surface area contributed by atoms with Crippen LogP contribution in [0.4, 0.5) is 11.5 Å². The number of pyridine rings is 1. The Bertz CT molecular complexity index is 2390. The van der Waals surface area contributed by atoms with Gasteiger partial charge in [0, 0.05) is 17.2 Å². The Balaban J connectivity index is 0.000000616. The number of fused-ring (bicyclic) bond motifs is 2. The molecule has 6 aromatic rings. The minimum absolute atomic E-state index is 0.349. The molecular weight excluding hydrogens is 643 g/mol. The predicted molar refractivity (Wildman–Crippen MR) is 230 cm³/mol. The lowest BCUT2D eigenvalue weighted by molar-refractivity contribution is 0.616. The minimum Gasteiger partial charge on any atom is -0.278 e. The van der Waals surface area contributed by atoms with Gasteiger partial charge in [-0.05, 0) is 127 Å². The van der Waals surface area contributed by atoms with Gasteiger partial charge in [-0.2, -0.15) is 0 Å². The molecule has 0 unspecified atom stereocenters. The number of allylic oxidation sites excluding steroid dienone is 6. The number of hydrogen-bond donors (Lipinski definition) is 0. The molecule has 53 heavy (non-hydrogen) atoms. The van der Waals surface area contributed by atoms with Crippen molar-refractivity contribution in [1.29, 1.82) is 0 Å². The lowest BCUT2D eigenvalue weighted by atomic mass is 9.73. The second-order valence-corrected chi connectivity index (χ2v) is 14.3. The van der Waals surface area contributed by atoms with Crippen LogP contribution in [0.1, 0.15) is 56.9 Å². The lowest BCUT2D eigenvalue weighted by Gasteiger charge is -2.41. The molecule has 2 heterocycles. The van der Waals surface area contributed by atoms with Crippen LogP contribution >= 0.6 is 0 Å². The van der Waals surface area contributed by atoms with Crippen molar-refractivity contribution in [3.05, 3.63) is 192 Å². The summed E-state index contributed by atoms with van der Waals surface area (Å²) in [5, 5.41) is 2.46. The Hall–Kier alpha value is -6.06. The molecule has 0 spiro atoms. The Morgan fingerprint density at radius 3 is 1.92 bits per heavy atom. The molecule has 0 atom stereocenters. The van der Waals surface area contributed by atoms with Crippen LogP contribution in [-0.4, -0.2) is 11.7 Å². The second kappa shape index (κ2) is 15.7. The molecule has 264 valence electrons. The van der Waals surface area contributed by atoms with Crippen molar-refractivity contribution in [3.8, 4) is 22.3 Å². The van der Waals surface area contributed by atoms with Gasteiger partial charge in [-0.1, -0.05) is 141 Å². The average molecular weight is 692 g/mol. The monoisotopic (exact) mass is 691 g/mol. The first kappa shape index (κ1) is 36.7. The smallest absolute Gasteiger partial charge is 0.142 e. The Morgan fingerprint density at radius 1 is 0.755 bits per heavy atom. The molecule has 3 nitrogen and oxygen atoms in total. The molecule has 1 aliphatic rings. The zero-order valence-electron chi connectivity index (χ0n) is 32.1. The van der Waals surface area contributed by atoms with Crippen LogP contribution in [0.3, 0.4) is 0 Å². The van der Waals surface area contributed by atoms with Crippen LogP contribution in [0, 0.1) is 13.8 Å². The van der Waals surface area contributed by atoms with Crippen molar-refractivity contribution in [2.24, 2.45) is 4.99 Å². The summed E-state index contributed by atoms with van der Waals surface area (Å²) in [4.78, 5) is 11.3. The highest BCUT2D eigenvalue weighted by molar-refractivity contribution is 6.05. The van der Waals surface area contributed by atoms with Crippen LogP contribution in [-0.2, 0) is 5.41 Å². The molecule has 0 N–H and O–H groups in total. The van der Waals surface area contributed by atoms with Crippen molar-refractivity contribution in [2.75, 3.05) is 4.90 Å². The standard InChI is InChI=1S/C43H41N3.C7H8/c1-9-15-32(28(3)4)37-26-30(20-19-29(37)5)33-22-23-34(36-17-12-11-16-35(33)36)31-21-24-40-39(27-31)43(6,7)38(10-2)42(44-8)46(40)41-18-13-14-25-45-41;1-7-5-3-2-4-6-7/h9-27H,2,8H2,1,3-7H3;2-6H,1H3/b15-9-;. The summed E-state index contributed by atoms with van der Waals surface area (Å²) in [6.07, 6.45) is 8.06. The van der Waals surface area contributed by atoms with Crippen molar-refractivity contribution >= 4 is 34.6 Å². The number of aryl methyl sites for hydroxylation is 2. The molecule has 0 amide bonds. The summed E-state index contributed by atoms with van der Waals surface area (Å²) in [6, 6.07) is 43.1. The Labute approximate surface area is 316 Å². The second-order valence-electron chi connectivity index (χ2n) is 14.3. The normalized spacial score (nSPS) is 13.3. The highest BCUT2D eigenvalue weighted by Crippen LogP contribution is 2.50.